The van der Waals surface area contributed by atoms with Crippen molar-refractivity contribution in [3.8, 4) is 0 Å². The molecule has 1 aromatic heterocycles. The van der Waals surface area contributed by atoms with Crippen molar-refractivity contribution in [3.05, 3.63) is 18.0 Å². The first kappa shape index (κ1) is 14.5. The van der Waals surface area contributed by atoms with Gasteiger partial charge in [-0.1, -0.05) is 6.92 Å². The monoisotopic (exact) mass is 258 g/mol. The van der Waals surface area contributed by atoms with Crippen molar-refractivity contribution in [2.75, 3.05) is 26.7 Å². The summed E-state index contributed by atoms with van der Waals surface area (Å²) in [6.07, 6.45) is 5.32. The Labute approximate surface area is 110 Å². The second-order valence-corrected chi connectivity index (χ2v) is 5.43. The van der Waals surface area contributed by atoms with Crippen LogP contribution in [0.15, 0.2) is 12.4 Å². The molecule has 1 aromatic rings. The zero-order chi connectivity index (χ0) is 11.6. The van der Waals surface area contributed by atoms with Gasteiger partial charge in [0, 0.05) is 38.4 Å². The van der Waals surface area contributed by atoms with Gasteiger partial charge in [-0.3, -0.25) is 4.68 Å². The highest BCUT2D eigenvalue weighted by Crippen LogP contribution is 2.25. The molecule has 2 heterocycles. The van der Waals surface area contributed by atoms with E-state index in [4.69, 9.17) is 0 Å². The summed E-state index contributed by atoms with van der Waals surface area (Å²) in [5.74, 6) is 0. The third-order valence-corrected chi connectivity index (χ3v) is 3.32. The highest BCUT2D eigenvalue weighted by Gasteiger charge is 2.29. The molecule has 0 amide bonds. The van der Waals surface area contributed by atoms with E-state index in [0.717, 1.165) is 26.2 Å². The van der Waals surface area contributed by atoms with Crippen LogP contribution in [-0.4, -0.2) is 41.4 Å². The van der Waals surface area contributed by atoms with Crippen molar-refractivity contribution in [1.82, 2.24) is 20.0 Å². The molecule has 1 fully saturated rings. The first-order valence-corrected chi connectivity index (χ1v) is 5.94. The first-order valence-electron chi connectivity index (χ1n) is 5.94. The molecule has 1 atom stereocenters. The van der Waals surface area contributed by atoms with E-state index in [2.05, 4.69) is 35.5 Å². The summed E-state index contributed by atoms with van der Waals surface area (Å²) in [5.41, 5.74) is 1.73. The van der Waals surface area contributed by atoms with Crippen molar-refractivity contribution in [2.24, 2.45) is 12.5 Å². The Bertz CT molecular complexity index is 344. The summed E-state index contributed by atoms with van der Waals surface area (Å²) in [6.45, 7) is 6.81. The summed E-state index contributed by atoms with van der Waals surface area (Å²) in [6, 6.07) is 0. The van der Waals surface area contributed by atoms with Gasteiger partial charge in [-0.05, 0) is 25.4 Å². The van der Waals surface area contributed by atoms with E-state index in [1.165, 1.54) is 12.0 Å². The molecule has 1 unspecified atom stereocenters. The SMILES string of the molecule is CN(Cc1cnn(C)c1)CC1(C)CCNC1.Cl. The lowest BCUT2D eigenvalue weighted by Crippen LogP contribution is -2.34. The Morgan fingerprint density at radius 2 is 2.35 bits per heavy atom. The van der Waals surface area contributed by atoms with E-state index in [9.17, 15) is 0 Å². The molecule has 1 aliphatic heterocycles. The van der Waals surface area contributed by atoms with Crippen LogP contribution in [-0.2, 0) is 13.6 Å². The molecule has 1 saturated heterocycles. The summed E-state index contributed by atoms with van der Waals surface area (Å²) in [7, 11) is 4.16. The van der Waals surface area contributed by atoms with E-state index in [0.29, 0.717) is 5.41 Å². The van der Waals surface area contributed by atoms with E-state index < -0.39 is 0 Å². The van der Waals surface area contributed by atoms with Gasteiger partial charge < -0.3 is 10.2 Å². The summed E-state index contributed by atoms with van der Waals surface area (Å²) in [4.78, 5) is 2.39. The van der Waals surface area contributed by atoms with Crippen LogP contribution >= 0.6 is 12.4 Å². The van der Waals surface area contributed by atoms with Crippen molar-refractivity contribution in [2.45, 2.75) is 19.9 Å². The van der Waals surface area contributed by atoms with Crippen LogP contribution in [0.1, 0.15) is 18.9 Å². The van der Waals surface area contributed by atoms with Crippen LogP contribution in [0, 0.1) is 5.41 Å². The maximum atomic E-state index is 4.20. The lowest BCUT2D eigenvalue weighted by atomic mass is 9.89. The molecule has 0 bridgehead atoms. The fourth-order valence-electron chi connectivity index (χ4n) is 2.58. The van der Waals surface area contributed by atoms with Crippen LogP contribution in [0.25, 0.3) is 0 Å². The smallest absolute Gasteiger partial charge is 0.0534 e. The zero-order valence-corrected chi connectivity index (χ0v) is 11.8. The van der Waals surface area contributed by atoms with Gasteiger partial charge in [0.15, 0.2) is 0 Å². The van der Waals surface area contributed by atoms with Crippen LogP contribution < -0.4 is 5.32 Å². The summed E-state index contributed by atoms with van der Waals surface area (Å²) < 4.78 is 1.86. The number of aryl methyl sites for hydroxylation is 1. The second-order valence-electron chi connectivity index (χ2n) is 5.43. The zero-order valence-electron chi connectivity index (χ0n) is 10.9. The Balaban J connectivity index is 0.00000144. The average Bonchev–Trinajstić information content (AvgIpc) is 2.75. The van der Waals surface area contributed by atoms with Crippen molar-refractivity contribution >= 4 is 12.4 Å². The highest BCUT2D eigenvalue weighted by molar-refractivity contribution is 5.85. The standard InChI is InChI=1S/C12H22N4.ClH/c1-12(4-5-13-9-12)10-15(2)7-11-6-14-16(3)8-11;/h6,8,13H,4-5,7,9-10H2,1-3H3;1H. The predicted octanol–water partition coefficient (Wildman–Crippen LogP) is 1.27. The molecule has 1 N–H and O–H groups in total. The van der Waals surface area contributed by atoms with Crippen molar-refractivity contribution < 1.29 is 0 Å². The number of halogens is 1. The van der Waals surface area contributed by atoms with E-state index >= 15 is 0 Å². The molecule has 17 heavy (non-hydrogen) atoms. The van der Waals surface area contributed by atoms with Gasteiger partial charge in [-0.25, -0.2) is 0 Å². The van der Waals surface area contributed by atoms with Gasteiger partial charge >= 0.3 is 0 Å². The number of hydrogen-bond acceptors (Lipinski definition) is 3. The normalized spacial score (nSPS) is 24.0. The molecule has 0 aliphatic carbocycles. The van der Waals surface area contributed by atoms with E-state index in [-0.39, 0.29) is 12.4 Å². The molecule has 0 saturated carbocycles. The highest BCUT2D eigenvalue weighted by atomic mass is 35.5. The molecule has 5 heteroatoms. The summed E-state index contributed by atoms with van der Waals surface area (Å²) in [5, 5.41) is 7.64. The number of nitrogens with one attached hydrogen (secondary N) is 1. The number of hydrogen-bond donors (Lipinski definition) is 1. The van der Waals surface area contributed by atoms with Gasteiger partial charge in [0.1, 0.15) is 0 Å². The van der Waals surface area contributed by atoms with Gasteiger partial charge in [0.2, 0.25) is 0 Å². The molecule has 4 nitrogen and oxygen atoms in total. The van der Waals surface area contributed by atoms with Crippen LogP contribution in [0.3, 0.4) is 0 Å². The lowest BCUT2D eigenvalue weighted by Gasteiger charge is -2.28. The molecular weight excluding hydrogens is 236 g/mol. The summed E-state index contributed by atoms with van der Waals surface area (Å²) >= 11 is 0. The maximum absolute atomic E-state index is 4.20. The molecule has 0 spiro atoms. The second kappa shape index (κ2) is 5.85. The maximum Gasteiger partial charge on any atom is 0.0534 e. The van der Waals surface area contributed by atoms with Crippen LogP contribution in [0.5, 0.6) is 0 Å². The van der Waals surface area contributed by atoms with Gasteiger partial charge in [0.05, 0.1) is 6.20 Å². The average molecular weight is 259 g/mol. The quantitative estimate of drug-likeness (QED) is 0.883. The Morgan fingerprint density at radius 1 is 1.59 bits per heavy atom. The minimum Gasteiger partial charge on any atom is -0.316 e. The van der Waals surface area contributed by atoms with Crippen LogP contribution in [0.4, 0.5) is 0 Å². The van der Waals surface area contributed by atoms with Crippen molar-refractivity contribution in [1.29, 1.82) is 0 Å². The Kier molecular flexibility index (Phi) is 4.98. The topological polar surface area (TPSA) is 33.1 Å². The molecule has 1 aliphatic rings. The van der Waals surface area contributed by atoms with Crippen LogP contribution in [0.2, 0.25) is 0 Å². The van der Waals surface area contributed by atoms with Gasteiger partial charge in [-0.2, -0.15) is 5.10 Å². The molecular formula is C12H23ClN4. The third kappa shape index (κ3) is 3.98. The number of aromatic nitrogens is 2. The molecule has 0 radical (unpaired) electrons. The third-order valence-electron chi connectivity index (χ3n) is 3.32. The fraction of sp³-hybridized carbons (Fsp3) is 0.750. The number of nitrogens with zero attached hydrogens (tertiary/aromatic N) is 3. The predicted molar refractivity (Wildman–Crippen MR) is 72.4 cm³/mol. The van der Waals surface area contributed by atoms with E-state index in [1.807, 2.05) is 17.9 Å². The first-order chi connectivity index (χ1) is 7.57. The molecule has 98 valence electrons. The van der Waals surface area contributed by atoms with Gasteiger partial charge in [-0.15, -0.1) is 12.4 Å². The lowest BCUT2D eigenvalue weighted by molar-refractivity contribution is 0.203. The molecule has 0 aromatic carbocycles. The van der Waals surface area contributed by atoms with Gasteiger partial charge in [0.25, 0.3) is 0 Å². The molecule has 2 rings (SSSR count). The Morgan fingerprint density at radius 3 is 2.88 bits per heavy atom. The minimum absolute atomic E-state index is 0. The number of rotatable bonds is 4. The Hall–Kier alpha value is -0.580. The van der Waals surface area contributed by atoms with E-state index in [1.54, 1.807) is 0 Å². The fourth-order valence-corrected chi connectivity index (χ4v) is 2.58. The van der Waals surface area contributed by atoms with Crippen molar-refractivity contribution in [3.63, 3.8) is 0 Å². The minimum atomic E-state index is 0. The largest absolute Gasteiger partial charge is 0.316 e.